The number of aliphatic carboxylic acids is 1. The van der Waals surface area contributed by atoms with Gasteiger partial charge in [0.2, 0.25) is 0 Å². The number of methoxy groups -OCH3 is 1. The van der Waals surface area contributed by atoms with Gasteiger partial charge in [-0.2, -0.15) is 0 Å². The molecule has 0 fully saturated rings. The van der Waals surface area contributed by atoms with Crippen LogP contribution in [-0.4, -0.2) is 24.8 Å². The maximum atomic E-state index is 10.8. The largest absolute Gasteiger partial charge is 0.498 e. The van der Waals surface area contributed by atoms with Crippen LogP contribution in [0.2, 0.25) is 0 Å². The van der Waals surface area contributed by atoms with E-state index in [1.807, 2.05) is 6.92 Å². The molecule has 0 saturated heterocycles. The Kier molecular flexibility index (Phi) is 3.56. The number of carbonyl (C=O) groups is 1. The Labute approximate surface area is 82.8 Å². The van der Waals surface area contributed by atoms with Crippen LogP contribution < -0.4 is 0 Å². The number of carboxylic acids is 1. The van der Waals surface area contributed by atoms with Gasteiger partial charge in [0.05, 0.1) is 19.6 Å². The van der Waals surface area contributed by atoms with Crippen LogP contribution in [0.5, 0.6) is 0 Å². The van der Waals surface area contributed by atoms with Gasteiger partial charge in [-0.15, -0.1) is 0 Å². The molecule has 0 saturated carbocycles. The summed E-state index contributed by atoms with van der Waals surface area (Å²) in [7, 11) is 1.51. The Hall–Kier alpha value is -1.45. The molecule has 78 valence electrons. The van der Waals surface area contributed by atoms with Gasteiger partial charge in [0, 0.05) is 12.5 Å². The van der Waals surface area contributed by atoms with Crippen LogP contribution in [-0.2, 0) is 14.3 Å². The summed E-state index contributed by atoms with van der Waals surface area (Å²) >= 11 is 0. The third-order valence-electron chi connectivity index (χ3n) is 1.97. The summed E-state index contributed by atoms with van der Waals surface area (Å²) in [4.78, 5) is 10.8. The standard InChI is InChI=1S/C10H14O4/c1-3-14-9-5-7(10(11)12)4-8(6-9)13-2/h4,6-7H,3,5H2,1-2H3,(H,11,12). The summed E-state index contributed by atoms with van der Waals surface area (Å²) in [5, 5.41) is 8.85. The highest BCUT2D eigenvalue weighted by atomic mass is 16.5. The van der Waals surface area contributed by atoms with Gasteiger partial charge in [0.15, 0.2) is 0 Å². The third-order valence-corrected chi connectivity index (χ3v) is 1.97. The van der Waals surface area contributed by atoms with Crippen molar-refractivity contribution in [3.63, 3.8) is 0 Å². The average molecular weight is 198 g/mol. The number of hydrogen-bond acceptors (Lipinski definition) is 3. The first-order chi connectivity index (χ1) is 6.67. The second-order valence-electron chi connectivity index (χ2n) is 2.97. The Morgan fingerprint density at radius 2 is 2.43 bits per heavy atom. The topological polar surface area (TPSA) is 55.8 Å². The van der Waals surface area contributed by atoms with Crippen molar-refractivity contribution in [3.05, 3.63) is 23.7 Å². The van der Waals surface area contributed by atoms with Crippen molar-refractivity contribution < 1.29 is 19.4 Å². The highest BCUT2D eigenvalue weighted by Gasteiger charge is 2.22. The lowest BCUT2D eigenvalue weighted by Crippen LogP contribution is -2.16. The summed E-state index contributed by atoms with van der Waals surface area (Å²) in [5.74, 6) is -0.187. The van der Waals surface area contributed by atoms with Crippen LogP contribution in [0.15, 0.2) is 23.7 Å². The normalized spacial score (nSPS) is 20.9. The minimum Gasteiger partial charge on any atom is -0.498 e. The van der Waals surface area contributed by atoms with Gasteiger partial charge < -0.3 is 14.6 Å². The van der Waals surface area contributed by atoms with Gasteiger partial charge in [0.1, 0.15) is 11.5 Å². The molecule has 4 heteroatoms. The molecular weight excluding hydrogens is 184 g/mol. The van der Waals surface area contributed by atoms with Crippen molar-refractivity contribution in [2.45, 2.75) is 13.3 Å². The fraction of sp³-hybridized carbons (Fsp3) is 0.500. The lowest BCUT2D eigenvalue weighted by atomic mass is 9.99. The molecule has 4 nitrogen and oxygen atoms in total. The molecule has 14 heavy (non-hydrogen) atoms. The molecule has 0 aromatic carbocycles. The molecule has 1 aliphatic carbocycles. The van der Waals surface area contributed by atoms with E-state index in [1.165, 1.54) is 7.11 Å². The van der Waals surface area contributed by atoms with Crippen molar-refractivity contribution in [2.24, 2.45) is 5.92 Å². The summed E-state index contributed by atoms with van der Waals surface area (Å²) in [6.07, 6.45) is 3.71. The first-order valence-electron chi connectivity index (χ1n) is 4.49. The monoisotopic (exact) mass is 198 g/mol. The molecule has 1 aliphatic rings. The third kappa shape index (κ3) is 2.52. The number of hydrogen-bond donors (Lipinski definition) is 1. The predicted molar refractivity (Wildman–Crippen MR) is 50.5 cm³/mol. The highest BCUT2D eigenvalue weighted by Crippen LogP contribution is 2.24. The van der Waals surface area contributed by atoms with Crippen LogP contribution in [0.4, 0.5) is 0 Å². The minimum absolute atomic E-state index is 0.399. The van der Waals surface area contributed by atoms with Crippen LogP contribution in [0.3, 0.4) is 0 Å². The second kappa shape index (κ2) is 4.69. The molecule has 0 bridgehead atoms. The maximum Gasteiger partial charge on any atom is 0.310 e. The van der Waals surface area contributed by atoms with E-state index in [0.717, 1.165) is 0 Å². The summed E-state index contributed by atoms with van der Waals surface area (Å²) in [6, 6.07) is 0. The molecule has 0 aliphatic heterocycles. The van der Waals surface area contributed by atoms with Gasteiger partial charge in [-0.3, -0.25) is 4.79 Å². The minimum atomic E-state index is -0.857. The first kappa shape index (κ1) is 10.6. The van der Waals surface area contributed by atoms with E-state index in [-0.39, 0.29) is 0 Å². The summed E-state index contributed by atoms with van der Waals surface area (Å²) < 4.78 is 10.3. The lowest BCUT2D eigenvalue weighted by Gasteiger charge is -2.18. The average Bonchev–Trinajstić information content (AvgIpc) is 2.17. The molecular formula is C10H14O4. The molecule has 0 radical (unpaired) electrons. The lowest BCUT2D eigenvalue weighted by molar-refractivity contribution is -0.140. The Morgan fingerprint density at radius 1 is 1.71 bits per heavy atom. The second-order valence-corrected chi connectivity index (χ2v) is 2.97. The van der Waals surface area contributed by atoms with E-state index in [4.69, 9.17) is 14.6 Å². The molecule has 0 spiro atoms. The SMILES string of the molecule is CCOC1=CC(OC)=CC(C(=O)O)C1. The fourth-order valence-corrected chi connectivity index (χ4v) is 1.31. The van der Waals surface area contributed by atoms with Crippen molar-refractivity contribution in [3.8, 4) is 0 Å². The molecule has 0 heterocycles. The molecule has 1 rings (SSSR count). The van der Waals surface area contributed by atoms with Crippen LogP contribution in [0.1, 0.15) is 13.3 Å². The highest BCUT2D eigenvalue weighted by molar-refractivity contribution is 5.73. The van der Waals surface area contributed by atoms with Crippen LogP contribution in [0.25, 0.3) is 0 Å². The van der Waals surface area contributed by atoms with E-state index >= 15 is 0 Å². The molecule has 0 aromatic rings. The van der Waals surface area contributed by atoms with Crippen LogP contribution >= 0.6 is 0 Å². The number of ether oxygens (including phenoxy) is 2. The van der Waals surface area contributed by atoms with Gasteiger partial charge in [-0.1, -0.05) is 0 Å². The maximum absolute atomic E-state index is 10.8. The van der Waals surface area contributed by atoms with E-state index in [9.17, 15) is 4.79 Å². The molecule has 1 N–H and O–H groups in total. The number of carboxylic acid groups (broad SMARTS) is 1. The van der Waals surface area contributed by atoms with E-state index in [0.29, 0.717) is 24.5 Å². The molecule has 1 unspecified atom stereocenters. The smallest absolute Gasteiger partial charge is 0.310 e. The van der Waals surface area contributed by atoms with Gasteiger partial charge in [-0.05, 0) is 13.0 Å². The summed E-state index contributed by atoms with van der Waals surface area (Å²) in [6.45, 7) is 2.40. The zero-order chi connectivity index (χ0) is 10.6. The van der Waals surface area contributed by atoms with Gasteiger partial charge in [-0.25, -0.2) is 0 Å². The number of rotatable bonds is 4. The van der Waals surface area contributed by atoms with Crippen LogP contribution in [0, 0.1) is 5.92 Å². The Bertz CT molecular complexity index is 278. The number of allylic oxidation sites excluding steroid dienone is 2. The zero-order valence-corrected chi connectivity index (χ0v) is 8.32. The van der Waals surface area contributed by atoms with E-state index < -0.39 is 11.9 Å². The summed E-state index contributed by atoms with van der Waals surface area (Å²) in [5.41, 5.74) is 0. The Balaban J connectivity index is 2.77. The quantitative estimate of drug-likeness (QED) is 0.744. The van der Waals surface area contributed by atoms with E-state index in [1.54, 1.807) is 12.2 Å². The van der Waals surface area contributed by atoms with Crippen molar-refractivity contribution in [1.82, 2.24) is 0 Å². The molecule has 1 atom stereocenters. The predicted octanol–water partition coefficient (Wildman–Crippen LogP) is 1.54. The molecule has 0 aromatic heterocycles. The molecule has 0 amide bonds. The first-order valence-corrected chi connectivity index (χ1v) is 4.49. The van der Waals surface area contributed by atoms with Gasteiger partial charge >= 0.3 is 5.97 Å². The van der Waals surface area contributed by atoms with Gasteiger partial charge in [0.25, 0.3) is 0 Å². The van der Waals surface area contributed by atoms with E-state index in [2.05, 4.69) is 0 Å². The van der Waals surface area contributed by atoms with Crippen molar-refractivity contribution in [2.75, 3.05) is 13.7 Å². The van der Waals surface area contributed by atoms with Crippen molar-refractivity contribution in [1.29, 1.82) is 0 Å². The fourth-order valence-electron chi connectivity index (χ4n) is 1.31. The van der Waals surface area contributed by atoms with Crippen molar-refractivity contribution >= 4 is 5.97 Å². The zero-order valence-electron chi connectivity index (χ0n) is 8.32. The Morgan fingerprint density at radius 3 is 2.93 bits per heavy atom.